The van der Waals surface area contributed by atoms with Crippen LogP contribution in [0.3, 0.4) is 0 Å². The molecule has 0 bridgehead atoms. The van der Waals surface area contributed by atoms with Gasteiger partial charge in [-0.15, -0.1) is 0 Å². The lowest BCUT2D eigenvalue weighted by Crippen LogP contribution is -2.38. The van der Waals surface area contributed by atoms with Gasteiger partial charge in [-0.25, -0.2) is 8.42 Å². The van der Waals surface area contributed by atoms with Crippen molar-refractivity contribution in [1.29, 1.82) is 0 Å². The van der Waals surface area contributed by atoms with Gasteiger partial charge < -0.3 is 4.74 Å². The van der Waals surface area contributed by atoms with E-state index in [-0.39, 0.29) is 17.5 Å². The summed E-state index contributed by atoms with van der Waals surface area (Å²) in [5.41, 5.74) is 4.09. The molecule has 146 valence electrons. The number of sulfonamides is 1. The van der Waals surface area contributed by atoms with E-state index in [0.717, 1.165) is 26.6 Å². The predicted molar refractivity (Wildman–Crippen MR) is 108 cm³/mol. The lowest BCUT2D eigenvalue weighted by molar-refractivity contribution is -0.145. The maximum atomic E-state index is 13.4. The largest absolute Gasteiger partial charge is 0.462 e. The van der Waals surface area contributed by atoms with Crippen LogP contribution in [-0.2, 0) is 19.6 Å². The van der Waals surface area contributed by atoms with Crippen molar-refractivity contribution < 1.29 is 17.9 Å². The zero-order valence-electron chi connectivity index (χ0n) is 16.7. The molecule has 0 aromatic heterocycles. The summed E-state index contributed by atoms with van der Waals surface area (Å²) < 4.78 is 33.1. The van der Waals surface area contributed by atoms with E-state index in [2.05, 4.69) is 0 Å². The first-order valence-electron chi connectivity index (χ1n) is 8.89. The van der Waals surface area contributed by atoms with Crippen LogP contribution in [0.4, 0.5) is 5.69 Å². The fourth-order valence-electron chi connectivity index (χ4n) is 3.10. The molecule has 0 atom stereocenters. The molecule has 0 spiro atoms. The van der Waals surface area contributed by atoms with Gasteiger partial charge in [0.15, 0.2) is 0 Å². The molecular weight excluding hydrogens is 362 g/mol. The molecule has 2 rings (SSSR count). The van der Waals surface area contributed by atoms with Crippen LogP contribution in [0, 0.1) is 27.7 Å². The third kappa shape index (κ3) is 4.89. The molecule has 0 aliphatic carbocycles. The van der Waals surface area contributed by atoms with Gasteiger partial charge in [-0.05, 0) is 64.8 Å². The summed E-state index contributed by atoms with van der Waals surface area (Å²) in [6.45, 7) is 10.6. The molecule has 0 saturated heterocycles. The average molecular weight is 390 g/mol. The number of aryl methyl sites for hydroxylation is 4. The molecule has 0 fully saturated rings. The van der Waals surface area contributed by atoms with Crippen LogP contribution in [0.2, 0.25) is 0 Å². The van der Waals surface area contributed by atoms with Gasteiger partial charge in [0.2, 0.25) is 0 Å². The highest BCUT2D eigenvalue weighted by Crippen LogP contribution is 2.31. The number of esters is 1. The van der Waals surface area contributed by atoms with E-state index in [0.29, 0.717) is 5.69 Å². The lowest BCUT2D eigenvalue weighted by atomic mass is 10.1. The average Bonchev–Trinajstić information content (AvgIpc) is 2.52. The molecule has 0 N–H and O–H groups in total. The van der Waals surface area contributed by atoms with Crippen LogP contribution in [0.1, 0.15) is 36.1 Å². The molecule has 0 radical (unpaired) electrons. The predicted octanol–water partition coefficient (Wildman–Crippen LogP) is 4.07. The fraction of sp³-hybridized carbons (Fsp3) is 0.381. The number of anilines is 1. The van der Waals surface area contributed by atoms with Gasteiger partial charge in [0, 0.05) is 0 Å². The zero-order valence-corrected chi connectivity index (χ0v) is 17.6. The molecule has 5 nitrogen and oxygen atoms in total. The number of carbonyl (C=O) groups excluding carboxylic acids is 1. The van der Waals surface area contributed by atoms with Gasteiger partial charge in [-0.3, -0.25) is 9.10 Å². The Morgan fingerprint density at radius 1 is 0.963 bits per heavy atom. The Labute approximate surface area is 162 Å². The van der Waals surface area contributed by atoms with Crippen molar-refractivity contribution >= 4 is 21.7 Å². The standard InChI is InChI=1S/C21H27NO4S/c1-14(2)26-20(23)13-22(21-17(5)11-16(4)12-18(21)6)27(24,25)19-9-7-15(3)8-10-19/h7-12,14H,13H2,1-6H3. The van der Waals surface area contributed by atoms with Crippen LogP contribution < -0.4 is 4.31 Å². The van der Waals surface area contributed by atoms with E-state index < -0.39 is 16.0 Å². The highest BCUT2D eigenvalue weighted by atomic mass is 32.2. The Hall–Kier alpha value is -2.34. The van der Waals surface area contributed by atoms with Gasteiger partial charge in [0.25, 0.3) is 10.0 Å². The summed E-state index contributed by atoms with van der Waals surface area (Å²) in [6, 6.07) is 10.4. The Balaban J connectivity index is 2.60. The molecule has 6 heteroatoms. The minimum atomic E-state index is -3.93. The molecule has 0 aliphatic rings. The third-order valence-corrected chi connectivity index (χ3v) is 5.89. The van der Waals surface area contributed by atoms with Gasteiger partial charge in [0.05, 0.1) is 16.7 Å². The van der Waals surface area contributed by atoms with E-state index in [1.54, 1.807) is 38.1 Å². The minimum absolute atomic E-state index is 0.143. The second kappa shape index (κ2) is 8.13. The molecule has 2 aromatic carbocycles. The highest BCUT2D eigenvalue weighted by molar-refractivity contribution is 7.92. The van der Waals surface area contributed by atoms with Crippen LogP contribution in [0.25, 0.3) is 0 Å². The summed E-state index contributed by atoms with van der Waals surface area (Å²) in [7, 11) is -3.93. The summed E-state index contributed by atoms with van der Waals surface area (Å²) in [5, 5.41) is 0. The number of hydrogen-bond acceptors (Lipinski definition) is 4. The number of benzene rings is 2. The number of ether oxygens (including phenoxy) is 1. The lowest BCUT2D eigenvalue weighted by Gasteiger charge is -2.27. The molecule has 0 amide bonds. The smallest absolute Gasteiger partial charge is 0.327 e. The molecule has 0 saturated carbocycles. The molecule has 0 aliphatic heterocycles. The number of hydrogen-bond donors (Lipinski definition) is 0. The summed E-state index contributed by atoms with van der Waals surface area (Å²) in [6.07, 6.45) is -0.318. The summed E-state index contributed by atoms with van der Waals surface area (Å²) in [4.78, 5) is 12.5. The second-order valence-corrected chi connectivity index (χ2v) is 8.97. The van der Waals surface area contributed by atoms with E-state index in [1.165, 1.54) is 0 Å². The summed E-state index contributed by atoms with van der Waals surface area (Å²) in [5.74, 6) is -0.583. The molecule has 0 heterocycles. The zero-order chi connectivity index (χ0) is 20.4. The van der Waals surface area contributed by atoms with Gasteiger partial charge in [-0.1, -0.05) is 35.4 Å². The number of nitrogens with zero attached hydrogens (tertiary/aromatic N) is 1. The Bertz CT molecular complexity index is 908. The van der Waals surface area contributed by atoms with Crippen molar-refractivity contribution in [2.75, 3.05) is 10.8 Å². The first kappa shape index (κ1) is 21.0. The molecule has 0 unspecified atom stereocenters. The number of carbonyl (C=O) groups is 1. The highest BCUT2D eigenvalue weighted by Gasteiger charge is 2.30. The van der Waals surface area contributed by atoms with Crippen molar-refractivity contribution in [1.82, 2.24) is 0 Å². The van der Waals surface area contributed by atoms with Crippen LogP contribution in [-0.4, -0.2) is 27.0 Å². The van der Waals surface area contributed by atoms with Crippen molar-refractivity contribution in [3.8, 4) is 0 Å². The van der Waals surface area contributed by atoms with E-state index in [4.69, 9.17) is 4.74 Å². The first-order chi connectivity index (χ1) is 12.5. The molecule has 27 heavy (non-hydrogen) atoms. The maximum absolute atomic E-state index is 13.4. The topological polar surface area (TPSA) is 63.7 Å². The van der Waals surface area contributed by atoms with Crippen molar-refractivity contribution in [3.63, 3.8) is 0 Å². The van der Waals surface area contributed by atoms with E-state index >= 15 is 0 Å². The third-order valence-electron chi connectivity index (χ3n) is 4.13. The normalized spacial score (nSPS) is 11.5. The monoisotopic (exact) mass is 389 g/mol. The SMILES string of the molecule is Cc1ccc(S(=O)(=O)N(CC(=O)OC(C)C)c2c(C)cc(C)cc2C)cc1. The minimum Gasteiger partial charge on any atom is -0.462 e. The quantitative estimate of drug-likeness (QED) is 0.699. The van der Waals surface area contributed by atoms with Crippen LogP contribution in [0.15, 0.2) is 41.3 Å². The van der Waals surface area contributed by atoms with Gasteiger partial charge in [0.1, 0.15) is 6.54 Å². The van der Waals surface area contributed by atoms with E-state index in [1.807, 2.05) is 39.8 Å². The van der Waals surface area contributed by atoms with Gasteiger partial charge >= 0.3 is 5.97 Å². The Morgan fingerprint density at radius 2 is 1.48 bits per heavy atom. The van der Waals surface area contributed by atoms with Crippen molar-refractivity contribution in [2.24, 2.45) is 0 Å². The van der Waals surface area contributed by atoms with Crippen molar-refractivity contribution in [2.45, 2.75) is 52.5 Å². The maximum Gasteiger partial charge on any atom is 0.327 e. The Morgan fingerprint density at radius 3 is 1.96 bits per heavy atom. The van der Waals surface area contributed by atoms with E-state index in [9.17, 15) is 13.2 Å². The molecule has 2 aromatic rings. The van der Waals surface area contributed by atoms with Crippen LogP contribution >= 0.6 is 0 Å². The Kier molecular flexibility index (Phi) is 6.31. The van der Waals surface area contributed by atoms with Crippen molar-refractivity contribution in [3.05, 3.63) is 58.7 Å². The fourth-order valence-corrected chi connectivity index (χ4v) is 4.64. The second-order valence-electron chi connectivity index (χ2n) is 7.11. The summed E-state index contributed by atoms with van der Waals surface area (Å²) >= 11 is 0. The van der Waals surface area contributed by atoms with Crippen LogP contribution in [0.5, 0.6) is 0 Å². The number of rotatable bonds is 6. The first-order valence-corrected chi connectivity index (χ1v) is 10.3. The van der Waals surface area contributed by atoms with Gasteiger partial charge in [-0.2, -0.15) is 0 Å². The molecular formula is C21H27NO4S.